The van der Waals surface area contributed by atoms with E-state index < -0.39 is 11.5 Å². The lowest BCUT2D eigenvalue weighted by Gasteiger charge is -2.16. The van der Waals surface area contributed by atoms with Crippen LogP contribution in [0.3, 0.4) is 0 Å². The molecule has 29 heavy (non-hydrogen) atoms. The number of hydrogen-bond donors (Lipinski definition) is 0. The molecule has 0 N–H and O–H groups in total. The molecule has 1 saturated heterocycles. The normalized spacial score (nSPS) is 16.1. The Morgan fingerprint density at radius 3 is 2.69 bits per heavy atom. The standard InChI is InChI=1S/C21H21N3O5/c1-13-11-16(15-9-6-10-27-15)28-21(26)18(13)20(25)24(2)12-17-22-23-19(29-17)14-7-4-3-5-8-14/h3-5,7-8,11,15H,6,9-10,12H2,1-2H3. The van der Waals surface area contributed by atoms with Crippen molar-refractivity contribution in [3.8, 4) is 11.5 Å². The highest BCUT2D eigenvalue weighted by atomic mass is 16.5. The van der Waals surface area contributed by atoms with Crippen LogP contribution in [-0.4, -0.2) is 34.7 Å². The van der Waals surface area contributed by atoms with Crippen LogP contribution in [0.25, 0.3) is 11.5 Å². The van der Waals surface area contributed by atoms with Gasteiger partial charge in [-0.25, -0.2) is 4.79 Å². The molecule has 1 unspecified atom stereocenters. The van der Waals surface area contributed by atoms with Crippen LogP contribution in [0.15, 0.2) is 50.0 Å². The van der Waals surface area contributed by atoms with Crippen molar-refractivity contribution in [2.24, 2.45) is 0 Å². The molecule has 1 aliphatic rings. The number of ether oxygens (including phenoxy) is 1. The zero-order chi connectivity index (χ0) is 20.4. The number of nitrogens with zero attached hydrogens (tertiary/aromatic N) is 3. The van der Waals surface area contributed by atoms with Crippen LogP contribution in [0, 0.1) is 6.92 Å². The van der Waals surface area contributed by atoms with Crippen LogP contribution in [0.4, 0.5) is 0 Å². The van der Waals surface area contributed by atoms with Crippen LogP contribution in [0.1, 0.15) is 46.5 Å². The Balaban J connectivity index is 1.51. The highest BCUT2D eigenvalue weighted by molar-refractivity contribution is 5.94. The summed E-state index contributed by atoms with van der Waals surface area (Å²) in [6.07, 6.45) is 1.50. The van der Waals surface area contributed by atoms with Crippen LogP contribution in [0.5, 0.6) is 0 Å². The second-order valence-electron chi connectivity index (χ2n) is 7.02. The van der Waals surface area contributed by atoms with E-state index in [0.717, 1.165) is 18.4 Å². The van der Waals surface area contributed by atoms with Gasteiger partial charge in [0, 0.05) is 19.2 Å². The molecule has 1 amide bonds. The Morgan fingerprint density at radius 2 is 2.00 bits per heavy atom. The maximum Gasteiger partial charge on any atom is 0.349 e. The molecule has 150 valence electrons. The van der Waals surface area contributed by atoms with Gasteiger partial charge in [0.1, 0.15) is 17.4 Å². The summed E-state index contributed by atoms with van der Waals surface area (Å²) in [5, 5.41) is 8.00. The zero-order valence-electron chi connectivity index (χ0n) is 16.3. The summed E-state index contributed by atoms with van der Waals surface area (Å²) in [4.78, 5) is 26.7. The number of carbonyl (C=O) groups excluding carboxylic acids is 1. The van der Waals surface area contributed by atoms with E-state index in [1.54, 1.807) is 20.0 Å². The molecule has 8 heteroatoms. The summed E-state index contributed by atoms with van der Waals surface area (Å²) in [6, 6.07) is 11.1. The van der Waals surface area contributed by atoms with Gasteiger partial charge >= 0.3 is 5.63 Å². The van der Waals surface area contributed by atoms with E-state index in [2.05, 4.69) is 10.2 Å². The Morgan fingerprint density at radius 1 is 1.21 bits per heavy atom. The fraction of sp³-hybridized carbons (Fsp3) is 0.333. The summed E-state index contributed by atoms with van der Waals surface area (Å²) in [7, 11) is 1.57. The number of benzene rings is 1. The molecule has 1 aliphatic heterocycles. The first-order valence-corrected chi connectivity index (χ1v) is 9.42. The maximum atomic E-state index is 12.8. The van der Waals surface area contributed by atoms with Crippen LogP contribution in [0.2, 0.25) is 0 Å². The van der Waals surface area contributed by atoms with E-state index in [1.807, 2.05) is 30.3 Å². The van der Waals surface area contributed by atoms with E-state index in [-0.39, 0.29) is 24.1 Å². The molecule has 0 radical (unpaired) electrons. The molecule has 3 aromatic rings. The Bertz CT molecular complexity index is 1070. The van der Waals surface area contributed by atoms with Crippen molar-refractivity contribution < 1.29 is 18.4 Å². The van der Waals surface area contributed by atoms with Gasteiger partial charge in [-0.1, -0.05) is 18.2 Å². The molecule has 3 heterocycles. The number of aryl methyl sites for hydroxylation is 1. The van der Waals surface area contributed by atoms with Crippen molar-refractivity contribution in [2.75, 3.05) is 13.7 Å². The molecular formula is C21H21N3O5. The average molecular weight is 395 g/mol. The molecule has 8 nitrogen and oxygen atoms in total. The summed E-state index contributed by atoms with van der Waals surface area (Å²) in [5.41, 5.74) is 0.681. The first-order valence-electron chi connectivity index (χ1n) is 9.42. The smallest absolute Gasteiger partial charge is 0.349 e. The van der Waals surface area contributed by atoms with E-state index >= 15 is 0 Å². The van der Waals surface area contributed by atoms with E-state index in [0.29, 0.717) is 23.8 Å². The Labute approximate surface area is 167 Å². The van der Waals surface area contributed by atoms with Gasteiger partial charge in [-0.3, -0.25) is 4.79 Å². The van der Waals surface area contributed by atoms with E-state index in [4.69, 9.17) is 13.6 Å². The van der Waals surface area contributed by atoms with Gasteiger partial charge < -0.3 is 18.5 Å². The van der Waals surface area contributed by atoms with Crippen molar-refractivity contribution in [1.82, 2.24) is 15.1 Å². The van der Waals surface area contributed by atoms with Gasteiger partial charge in [0.15, 0.2) is 0 Å². The van der Waals surface area contributed by atoms with Gasteiger partial charge in [0.25, 0.3) is 5.91 Å². The average Bonchev–Trinajstić information content (AvgIpc) is 3.40. The molecule has 0 aliphatic carbocycles. The predicted molar refractivity (Wildman–Crippen MR) is 103 cm³/mol. The number of carbonyl (C=O) groups is 1. The topological polar surface area (TPSA) is 98.7 Å². The molecule has 1 atom stereocenters. The highest BCUT2D eigenvalue weighted by Gasteiger charge is 2.26. The second kappa shape index (κ2) is 8.00. The number of rotatable bonds is 5. The lowest BCUT2D eigenvalue weighted by atomic mass is 10.1. The highest BCUT2D eigenvalue weighted by Crippen LogP contribution is 2.28. The molecule has 0 spiro atoms. The van der Waals surface area contributed by atoms with Crippen molar-refractivity contribution in [3.63, 3.8) is 0 Å². The Kier molecular flexibility index (Phi) is 5.26. The maximum absolute atomic E-state index is 12.8. The first-order chi connectivity index (χ1) is 14.0. The van der Waals surface area contributed by atoms with Crippen molar-refractivity contribution in [3.05, 3.63) is 69.6 Å². The molecule has 1 fully saturated rings. The largest absolute Gasteiger partial charge is 0.424 e. The van der Waals surface area contributed by atoms with Gasteiger partial charge in [-0.2, -0.15) is 0 Å². The third-order valence-electron chi connectivity index (χ3n) is 4.84. The third-order valence-corrected chi connectivity index (χ3v) is 4.84. The fourth-order valence-electron chi connectivity index (χ4n) is 3.33. The molecule has 4 rings (SSSR count). The van der Waals surface area contributed by atoms with Crippen LogP contribution < -0.4 is 5.63 Å². The van der Waals surface area contributed by atoms with Crippen LogP contribution >= 0.6 is 0 Å². The monoisotopic (exact) mass is 395 g/mol. The minimum atomic E-state index is -0.664. The SMILES string of the molecule is Cc1cc(C2CCCO2)oc(=O)c1C(=O)N(C)Cc1nnc(-c2ccccc2)o1. The molecule has 2 aromatic heterocycles. The first kappa shape index (κ1) is 19.1. The van der Waals surface area contributed by atoms with Gasteiger partial charge in [0.2, 0.25) is 11.8 Å². The lowest BCUT2D eigenvalue weighted by molar-refractivity contribution is 0.0756. The third kappa shape index (κ3) is 3.97. The lowest BCUT2D eigenvalue weighted by Crippen LogP contribution is -2.31. The van der Waals surface area contributed by atoms with Crippen molar-refractivity contribution >= 4 is 5.91 Å². The van der Waals surface area contributed by atoms with Gasteiger partial charge in [0.05, 0.1) is 6.54 Å². The summed E-state index contributed by atoms with van der Waals surface area (Å²) in [5.74, 6) is 0.652. The molecular weight excluding hydrogens is 374 g/mol. The zero-order valence-corrected chi connectivity index (χ0v) is 16.3. The fourth-order valence-corrected chi connectivity index (χ4v) is 3.33. The summed E-state index contributed by atoms with van der Waals surface area (Å²) < 4.78 is 16.6. The van der Waals surface area contributed by atoms with E-state index in [9.17, 15) is 9.59 Å². The number of amides is 1. The van der Waals surface area contributed by atoms with Gasteiger partial charge in [-0.05, 0) is 43.5 Å². The number of hydrogen-bond acceptors (Lipinski definition) is 7. The van der Waals surface area contributed by atoms with Crippen molar-refractivity contribution in [2.45, 2.75) is 32.4 Å². The minimum absolute atomic E-state index is 0.00274. The second-order valence-corrected chi connectivity index (χ2v) is 7.02. The van der Waals surface area contributed by atoms with E-state index in [1.165, 1.54) is 4.90 Å². The molecule has 1 aromatic carbocycles. The predicted octanol–water partition coefficient (Wildman–Crippen LogP) is 3.12. The molecule has 0 bridgehead atoms. The minimum Gasteiger partial charge on any atom is -0.424 e. The molecule has 0 saturated carbocycles. The van der Waals surface area contributed by atoms with Gasteiger partial charge in [-0.15, -0.1) is 10.2 Å². The van der Waals surface area contributed by atoms with Crippen molar-refractivity contribution in [1.29, 1.82) is 0 Å². The van der Waals surface area contributed by atoms with Crippen LogP contribution in [-0.2, 0) is 11.3 Å². The Hall–Kier alpha value is -3.26. The summed E-state index contributed by atoms with van der Waals surface area (Å²) >= 11 is 0. The quantitative estimate of drug-likeness (QED) is 0.654. The number of aromatic nitrogens is 2. The summed E-state index contributed by atoms with van der Waals surface area (Å²) in [6.45, 7) is 2.44.